The first-order valence-electron chi connectivity index (χ1n) is 7.23. The molecule has 0 radical (unpaired) electrons. The summed E-state index contributed by atoms with van der Waals surface area (Å²) in [6, 6.07) is 9.10. The highest BCUT2D eigenvalue weighted by atomic mass is 16.5. The maximum absolute atomic E-state index is 12.2. The molecule has 2 atom stereocenters. The highest BCUT2D eigenvalue weighted by Crippen LogP contribution is 2.29. The van der Waals surface area contributed by atoms with E-state index in [4.69, 9.17) is 10.00 Å². The van der Waals surface area contributed by atoms with Crippen molar-refractivity contribution in [2.45, 2.75) is 20.3 Å². The van der Waals surface area contributed by atoms with Crippen LogP contribution in [0.15, 0.2) is 36.0 Å². The monoisotopic (exact) mass is 298 g/mol. The van der Waals surface area contributed by atoms with Crippen LogP contribution in [0.1, 0.15) is 25.8 Å². The van der Waals surface area contributed by atoms with Gasteiger partial charge in [0.15, 0.2) is 5.78 Å². The molecule has 1 aliphatic rings. The maximum atomic E-state index is 12.2. The average molecular weight is 298 g/mol. The molecule has 5 heteroatoms. The quantitative estimate of drug-likeness (QED) is 0.683. The van der Waals surface area contributed by atoms with Crippen molar-refractivity contribution in [1.82, 2.24) is 0 Å². The van der Waals surface area contributed by atoms with Crippen LogP contribution in [0.5, 0.6) is 0 Å². The third-order valence-electron chi connectivity index (χ3n) is 3.57. The minimum absolute atomic E-state index is 0.127. The fourth-order valence-corrected chi connectivity index (χ4v) is 2.59. The fraction of sp³-hybridized carbons (Fsp3) is 0.353. The van der Waals surface area contributed by atoms with Crippen LogP contribution in [0.2, 0.25) is 0 Å². The standard InChI is InChI=1S/C17H18N2O3/c1-3-22-17(21)16-11(2)7-14(9-15(16)20)19-13-6-4-5-12(8-13)10-18/h4-6,8-9,11,16,19H,3,7H2,1-2H3/t11-,16+/m1/s1. The summed E-state index contributed by atoms with van der Waals surface area (Å²) < 4.78 is 4.96. The van der Waals surface area contributed by atoms with Crippen LogP contribution < -0.4 is 5.32 Å². The molecule has 0 bridgehead atoms. The summed E-state index contributed by atoms with van der Waals surface area (Å²) in [5.41, 5.74) is 2.04. The summed E-state index contributed by atoms with van der Waals surface area (Å²) >= 11 is 0. The number of hydrogen-bond acceptors (Lipinski definition) is 5. The van der Waals surface area contributed by atoms with Gasteiger partial charge in [-0.05, 0) is 37.5 Å². The Hall–Kier alpha value is -2.61. The number of nitriles is 1. The maximum Gasteiger partial charge on any atom is 0.317 e. The summed E-state index contributed by atoms with van der Waals surface area (Å²) in [5.74, 6) is -1.55. The lowest BCUT2D eigenvalue weighted by atomic mass is 9.82. The summed E-state index contributed by atoms with van der Waals surface area (Å²) in [5, 5.41) is 12.0. The molecule has 1 aromatic rings. The number of nitrogens with one attached hydrogen (secondary N) is 1. The topological polar surface area (TPSA) is 79.2 Å². The van der Waals surface area contributed by atoms with Crippen LogP contribution in [-0.2, 0) is 14.3 Å². The lowest BCUT2D eigenvalue weighted by Gasteiger charge is -2.26. The molecule has 0 spiro atoms. The Morgan fingerprint density at radius 2 is 2.27 bits per heavy atom. The number of hydrogen-bond donors (Lipinski definition) is 1. The van der Waals surface area contributed by atoms with Crippen LogP contribution >= 0.6 is 0 Å². The van der Waals surface area contributed by atoms with Crippen LogP contribution in [0.3, 0.4) is 0 Å². The van der Waals surface area contributed by atoms with E-state index in [1.807, 2.05) is 13.0 Å². The summed E-state index contributed by atoms with van der Waals surface area (Å²) in [6.45, 7) is 3.85. The van der Waals surface area contributed by atoms with Crippen LogP contribution in [-0.4, -0.2) is 18.4 Å². The molecule has 0 aromatic heterocycles. The van der Waals surface area contributed by atoms with Gasteiger partial charge >= 0.3 is 5.97 Å². The molecular weight excluding hydrogens is 280 g/mol. The smallest absolute Gasteiger partial charge is 0.317 e. The van der Waals surface area contributed by atoms with Crippen molar-refractivity contribution in [3.05, 3.63) is 41.6 Å². The lowest BCUT2D eigenvalue weighted by molar-refractivity contribution is -0.152. The molecule has 0 saturated heterocycles. The highest BCUT2D eigenvalue weighted by molar-refractivity contribution is 6.06. The predicted molar refractivity (Wildman–Crippen MR) is 81.8 cm³/mol. The van der Waals surface area contributed by atoms with Gasteiger partial charge in [0.1, 0.15) is 5.92 Å². The second-order valence-corrected chi connectivity index (χ2v) is 5.30. The van der Waals surface area contributed by atoms with Gasteiger partial charge in [-0.2, -0.15) is 5.26 Å². The largest absolute Gasteiger partial charge is 0.465 e. The molecule has 2 rings (SSSR count). The molecular formula is C17H18N2O3. The number of ketones is 1. The zero-order chi connectivity index (χ0) is 16.1. The Morgan fingerprint density at radius 1 is 1.50 bits per heavy atom. The normalized spacial score (nSPS) is 20.8. The van der Waals surface area contributed by atoms with E-state index in [1.54, 1.807) is 25.1 Å². The van der Waals surface area contributed by atoms with Crippen molar-refractivity contribution in [2.24, 2.45) is 11.8 Å². The number of rotatable bonds is 4. The van der Waals surface area contributed by atoms with Gasteiger partial charge in [0, 0.05) is 17.5 Å². The number of ether oxygens (including phenoxy) is 1. The van der Waals surface area contributed by atoms with Gasteiger partial charge in [0.25, 0.3) is 0 Å². The first-order chi connectivity index (χ1) is 10.5. The molecule has 1 aliphatic carbocycles. The molecule has 5 nitrogen and oxygen atoms in total. The van der Waals surface area contributed by atoms with Gasteiger partial charge < -0.3 is 10.1 Å². The van der Waals surface area contributed by atoms with E-state index in [0.717, 1.165) is 11.4 Å². The van der Waals surface area contributed by atoms with Crippen LogP contribution in [0.4, 0.5) is 5.69 Å². The molecule has 0 unspecified atom stereocenters. The SMILES string of the molecule is CCOC(=O)[C@@H]1C(=O)C=C(Nc2cccc(C#N)c2)C[C@H]1C. The van der Waals surface area contributed by atoms with Crippen molar-refractivity contribution >= 4 is 17.4 Å². The van der Waals surface area contributed by atoms with E-state index in [1.165, 1.54) is 6.08 Å². The Kier molecular flexibility index (Phi) is 4.95. The third kappa shape index (κ3) is 3.53. The molecule has 0 fully saturated rings. The number of anilines is 1. The fourth-order valence-electron chi connectivity index (χ4n) is 2.59. The molecule has 1 aromatic carbocycles. The molecule has 1 N–H and O–H groups in total. The van der Waals surface area contributed by atoms with E-state index < -0.39 is 11.9 Å². The summed E-state index contributed by atoms with van der Waals surface area (Å²) in [4.78, 5) is 24.0. The minimum Gasteiger partial charge on any atom is -0.465 e. The highest BCUT2D eigenvalue weighted by Gasteiger charge is 2.36. The summed E-state index contributed by atoms with van der Waals surface area (Å²) in [6.07, 6.45) is 2.03. The van der Waals surface area contributed by atoms with Gasteiger partial charge in [0.05, 0.1) is 18.2 Å². The summed E-state index contributed by atoms with van der Waals surface area (Å²) in [7, 11) is 0. The Bertz CT molecular complexity index is 658. The van der Waals surface area contributed by atoms with Crippen molar-refractivity contribution in [2.75, 3.05) is 11.9 Å². The number of carbonyl (C=O) groups is 2. The Balaban J connectivity index is 2.14. The first-order valence-corrected chi connectivity index (χ1v) is 7.23. The van der Waals surface area contributed by atoms with Crippen molar-refractivity contribution in [3.63, 3.8) is 0 Å². The number of allylic oxidation sites excluding steroid dienone is 2. The van der Waals surface area contributed by atoms with Crippen molar-refractivity contribution in [1.29, 1.82) is 5.26 Å². The zero-order valence-electron chi connectivity index (χ0n) is 12.6. The van der Waals surface area contributed by atoms with E-state index in [2.05, 4.69) is 11.4 Å². The van der Waals surface area contributed by atoms with E-state index in [-0.39, 0.29) is 18.3 Å². The molecule has 22 heavy (non-hydrogen) atoms. The van der Waals surface area contributed by atoms with Crippen molar-refractivity contribution in [3.8, 4) is 6.07 Å². The van der Waals surface area contributed by atoms with Gasteiger partial charge in [-0.3, -0.25) is 9.59 Å². The molecule has 114 valence electrons. The van der Waals surface area contributed by atoms with Gasteiger partial charge in [0.2, 0.25) is 0 Å². The zero-order valence-corrected chi connectivity index (χ0v) is 12.6. The average Bonchev–Trinajstić information content (AvgIpc) is 2.47. The second kappa shape index (κ2) is 6.90. The lowest BCUT2D eigenvalue weighted by Crippen LogP contribution is -2.35. The molecule has 0 heterocycles. The van der Waals surface area contributed by atoms with Crippen LogP contribution in [0, 0.1) is 23.2 Å². The van der Waals surface area contributed by atoms with E-state index in [0.29, 0.717) is 12.0 Å². The molecule has 0 aliphatic heterocycles. The molecule has 0 saturated carbocycles. The third-order valence-corrected chi connectivity index (χ3v) is 3.57. The van der Waals surface area contributed by atoms with Gasteiger partial charge in [-0.25, -0.2) is 0 Å². The Labute approximate surface area is 129 Å². The predicted octanol–water partition coefficient (Wildman–Crippen LogP) is 2.64. The minimum atomic E-state index is -0.726. The number of nitrogens with zero attached hydrogens (tertiary/aromatic N) is 1. The number of esters is 1. The molecule has 0 amide bonds. The van der Waals surface area contributed by atoms with Gasteiger partial charge in [-0.1, -0.05) is 13.0 Å². The number of carbonyl (C=O) groups excluding carboxylic acids is 2. The van der Waals surface area contributed by atoms with Crippen molar-refractivity contribution < 1.29 is 14.3 Å². The van der Waals surface area contributed by atoms with Gasteiger partial charge in [-0.15, -0.1) is 0 Å². The van der Waals surface area contributed by atoms with E-state index >= 15 is 0 Å². The van der Waals surface area contributed by atoms with E-state index in [9.17, 15) is 9.59 Å². The van der Waals surface area contributed by atoms with Crippen LogP contribution in [0.25, 0.3) is 0 Å². The Morgan fingerprint density at radius 3 is 2.91 bits per heavy atom. The second-order valence-electron chi connectivity index (χ2n) is 5.30. The first kappa shape index (κ1) is 15.8. The number of benzene rings is 1.